The van der Waals surface area contributed by atoms with Crippen LogP contribution in [0.2, 0.25) is 0 Å². The molecule has 7 heteroatoms. The van der Waals surface area contributed by atoms with Gasteiger partial charge in [-0.1, -0.05) is 45.9 Å². The molecule has 0 aliphatic rings. The molecular formula is C20H28N4O3. The summed E-state index contributed by atoms with van der Waals surface area (Å²) in [6.07, 6.45) is 0.532. The molecule has 27 heavy (non-hydrogen) atoms. The Morgan fingerprint density at radius 1 is 1.19 bits per heavy atom. The first kappa shape index (κ1) is 20.6. The van der Waals surface area contributed by atoms with Crippen molar-refractivity contribution in [3.8, 4) is 5.69 Å². The summed E-state index contributed by atoms with van der Waals surface area (Å²) in [6.45, 7) is 9.62. The second-order valence-corrected chi connectivity index (χ2v) is 7.53. The fraction of sp³-hybridized carbons (Fsp3) is 0.450. The summed E-state index contributed by atoms with van der Waals surface area (Å²) in [6, 6.07) is 8.98. The lowest BCUT2D eigenvalue weighted by atomic mass is 9.90. The predicted octanol–water partition coefficient (Wildman–Crippen LogP) is 2.30. The van der Waals surface area contributed by atoms with E-state index in [2.05, 4.69) is 15.7 Å². The Hall–Kier alpha value is -2.67. The fourth-order valence-corrected chi connectivity index (χ4v) is 2.80. The van der Waals surface area contributed by atoms with Gasteiger partial charge in [0.2, 0.25) is 0 Å². The number of aliphatic hydroxyl groups is 1. The minimum atomic E-state index is -0.789. The van der Waals surface area contributed by atoms with Gasteiger partial charge in [-0.05, 0) is 25.5 Å². The summed E-state index contributed by atoms with van der Waals surface area (Å²) in [4.78, 5) is 24.6. The van der Waals surface area contributed by atoms with Gasteiger partial charge in [0.15, 0.2) is 0 Å². The van der Waals surface area contributed by atoms with Gasteiger partial charge in [-0.3, -0.25) is 9.59 Å². The monoisotopic (exact) mass is 372 g/mol. The maximum atomic E-state index is 12.4. The number of amides is 2. The van der Waals surface area contributed by atoms with Crippen molar-refractivity contribution in [3.05, 3.63) is 41.6 Å². The van der Waals surface area contributed by atoms with Gasteiger partial charge in [0, 0.05) is 11.0 Å². The molecule has 0 bridgehead atoms. The number of hydrogen-bond donors (Lipinski definition) is 3. The van der Waals surface area contributed by atoms with Crippen LogP contribution in [0.3, 0.4) is 0 Å². The topological polar surface area (TPSA) is 96.2 Å². The molecule has 0 saturated heterocycles. The number of benzene rings is 1. The zero-order chi connectivity index (χ0) is 20.2. The van der Waals surface area contributed by atoms with Gasteiger partial charge in [-0.2, -0.15) is 5.10 Å². The summed E-state index contributed by atoms with van der Waals surface area (Å²) >= 11 is 0. The maximum Gasteiger partial charge on any atom is 0.314 e. The lowest BCUT2D eigenvalue weighted by Crippen LogP contribution is -2.43. The first-order valence-corrected chi connectivity index (χ1v) is 9.07. The van der Waals surface area contributed by atoms with Gasteiger partial charge in [0.25, 0.3) is 0 Å². The van der Waals surface area contributed by atoms with Crippen LogP contribution in [-0.4, -0.2) is 39.4 Å². The molecule has 7 nitrogen and oxygen atoms in total. The molecule has 0 fully saturated rings. The third-order valence-corrected chi connectivity index (χ3v) is 4.32. The van der Waals surface area contributed by atoms with Gasteiger partial charge in [-0.25, -0.2) is 4.68 Å². The lowest BCUT2D eigenvalue weighted by Gasteiger charge is -2.16. The zero-order valence-corrected chi connectivity index (χ0v) is 16.5. The highest BCUT2D eigenvalue weighted by Crippen LogP contribution is 2.31. The third-order valence-electron chi connectivity index (χ3n) is 4.32. The van der Waals surface area contributed by atoms with E-state index in [9.17, 15) is 14.7 Å². The van der Waals surface area contributed by atoms with Crippen molar-refractivity contribution in [2.75, 3.05) is 11.9 Å². The number of carbonyl (C=O) groups is 2. The van der Waals surface area contributed by atoms with Gasteiger partial charge in [-0.15, -0.1) is 0 Å². The van der Waals surface area contributed by atoms with Crippen LogP contribution in [0.4, 0.5) is 5.82 Å². The van der Waals surface area contributed by atoms with Crippen LogP contribution in [-0.2, 0) is 15.0 Å². The highest BCUT2D eigenvalue weighted by atomic mass is 16.3. The quantitative estimate of drug-likeness (QED) is 0.702. The number of anilines is 1. The number of hydrogen-bond acceptors (Lipinski definition) is 4. The van der Waals surface area contributed by atoms with Gasteiger partial charge in [0.05, 0.1) is 24.0 Å². The van der Waals surface area contributed by atoms with Crippen LogP contribution in [0.1, 0.15) is 45.4 Å². The number of carbonyl (C=O) groups excluding carboxylic acids is 2. The lowest BCUT2D eigenvalue weighted by molar-refractivity contribution is -0.136. The van der Waals surface area contributed by atoms with Crippen LogP contribution < -0.4 is 10.6 Å². The Labute approximate surface area is 159 Å². The molecule has 2 amide bonds. The fourth-order valence-electron chi connectivity index (χ4n) is 2.80. The molecule has 1 aromatic carbocycles. The van der Waals surface area contributed by atoms with E-state index in [-0.39, 0.29) is 12.0 Å². The number of aromatic nitrogens is 2. The zero-order valence-electron chi connectivity index (χ0n) is 16.5. The molecule has 0 aliphatic carbocycles. The van der Waals surface area contributed by atoms with E-state index in [1.54, 1.807) is 4.68 Å². The first-order chi connectivity index (χ1) is 12.7. The molecule has 2 aromatic rings. The van der Waals surface area contributed by atoms with Crippen LogP contribution >= 0.6 is 0 Å². The average Bonchev–Trinajstić information content (AvgIpc) is 2.97. The Morgan fingerprint density at radius 2 is 1.81 bits per heavy atom. The molecule has 1 heterocycles. The van der Waals surface area contributed by atoms with Gasteiger partial charge < -0.3 is 15.7 Å². The molecule has 0 saturated carbocycles. The maximum absolute atomic E-state index is 12.4. The predicted molar refractivity (Wildman–Crippen MR) is 105 cm³/mol. The normalized spacial score (nSPS) is 12.5. The Balaban J connectivity index is 2.39. The second-order valence-electron chi connectivity index (χ2n) is 7.53. The van der Waals surface area contributed by atoms with E-state index in [4.69, 9.17) is 0 Å². The summed E-state index contributed by atoms with van der Waals surface area (Å²) in [5.74, 6) is -1.11. The minimum Gasteiger partial charge on any atom is -0.394 e. The summed E-state index contributed by atoms with van der Waals surface area (Å²) in [5, 5.41) is 19.1. The summed E-state index contributed by atoms with van der Waals surface area (Å²) < 4.78 is 1.64. The Morgan fingerprint density at radius 3 is 2.33 bits per heavy atom. The molecule has 0 spiro atoms. The van der Waals surface area contributed by atoms with Crippen molar-refractivity contribution in [1.29, 1.82) is 0 Å². The van der Waals surface area contributed by atoms with E-state index >= 15 is 0 Å². The smallest absolute Gasteiger partial charge is 0.314 e. The van der Waals surface area contributed by atoms with Crippen molar-refractivity contribution in [3.63, 3.8) is 0 Å². The molecule has 1 aromatic heterocycles. The molecule has 146 valence electrons. The number of rotatable bonds is 5. The molecule has 0 radical (unpaired) electrons. The van der Waals surface area contributed by atoms with E-state index in [1.165, 1.54) is 0 Å². The van der Waals surface area contributed by atoms with E-state index in [0.717, 1.165) is 16.9 Å². The molecule has 2 rings (SSSR count). The Kier molecular flexibility index (Phi) is 6.38. The number of aliphatic hydroxyl groups excluding tert-OH is 1. The molecule has 0 aliphatic heterocycles. The van der Waals surface area contributed by atoms with Crippen LogP contribution in [0.25, 0.3) is 5.69 Å². The highest BCUT2D eigenvalue weighted by Gasteiger charge is 2.27. The van der Waals surface area contributed by atoms with Crippen LogP contribution in [0, 0.1) is 6.92 Å². The van der Waals surface area contributed by atoms with Crippen LogP contribution in [0.15, 0.2) is 30.3 Å². The van der Waals surface area contributed by atoms with Crippen LogP contribution in [0.5, 0.6) is 0 Å². The summed E-state index contributed by atoms with van der Waals surface area (Å²) in [5.41, 5.74) is 2.20. The highest BCUT2D eigenvalue weighted by molar-refractivity contribution is 6.39. The number of nitrogens with zero attached hydrogens (tertiary/aromatic N) is 2. The molecule has 1 atom stereocenters. The average molecular weight is 372 g/mol. The molecular weight excluding hydrogens is 344 g/mol. The SMILES string of the molecule is CC[C@@H](CO)NC(=O)C(=O)Nc1c(C)c(C(C)(C)C)nn1-c1ccccc1. The van der Waals surface area contributed by atoms with E-state index in [0.29, 0.717) is 12.2 Å². The standard InChI is InChI=1S/C20H28N4O3/c1-6-14(12-25)21-18(26)19(27)22-17-13(2)16(20(3,4)5)23-24(17)15-10-8-7-9-11-15/h7-11,14,25H,6,12H2,1-5H3,(H,21,26)(H,22,27)/t14-/m0/s1. The molecule has 3 N–H and O–H groups in total. The minimum absolute atomic E-state index is 0.218. The van der Waals surface area contributed by atoms with E-state index < -0.39 is 17.9 Å². The van der Waals surface area contributed by atoms with Gasteiger partial charge in [0.1, 0.15) is 5.82 Å². The van der Waals surface area contributed by atoms with Crippen molar-refractivity contribution >= 4 is 17.6 Å². The van der Waals surface area contributed by atoms with E-state index in [1.807, 2.05) is 65.0 Å². The second kappa shape index (κ2) is 8.35. The van der Waals surface area contributed by atoms with Crippen molar-refractivity contribution in [2.24, 2.45) is 0 Å². The van der Waals surface area contributed by atoms with Gasteiger partial charge >= 0.3 is 11.8 Å². The first-order valence-electron chi connectivity index (χ1n) is 9.07. The number of nitrogens with one attached hydrogen (secondary N) is 2. The third kappa shape index (κ3) is 4.74. The largest absolute Gasteiger partial charge is 0.394 e. The Bertz CT molecular complexity index is 803. The number of para-hydroxylation sites is 1. The van der Waals surface area contributed by atoms with Crippen molar-refractivity contribution in [1.82, 2.24) is 15.1 Å². The van der Waals surface area contributed by atoms with Crippen molar-refractivity contribution < 1.29 is 14.7 Å². The molecule has 0 unspecified atom stereocenters. The summed E-state index contributed by atoms with van der Waals surface area (Å²) in [7, 11) is 0. The van der Waals surface area contributed by atoms with Crippen molar-refractivity contribution in [2.45, 2.75) is 52.5 Å².